The largest absolute Gasteiger partial charge is 0.484 e. The van der Waals surface area contributed by atoms with Crippen LogP contribution in [0, 0.1) is 17.5 Å². The Morgan fingerprint density at radius 3 is 2.56 bits per heavy atom. The van der Waals surface area contributed by atoms with Crippen molar-refractivity contribution in [2.45, 2.75) is 0 Å². The second-order valence-electron chi connectivity index (χ2n) is 4.95. The second-order valence-corrected chi connectivity index (χ2v) is 5.81. The van der Waals surface area contributed by atoms with Gasteiger partial charge in [-0.25, -0.2) is 18.2 Å². The highest BCUT2D eigenvalue weighted by Gasteiger charge is 2.12. The van der Waals surface area contributed by atoms with Gasteiger partial charge in [-0.1, -0.05) is 0 Å². The van der Waals surface area contributed by atoms with Gasteiger partial charge in [-0.2, -0.15) is 0 Å². The van der Waals surface area contributed by atoms with Crippen molar-refractivity contribution in [2.24, 2.45) is 0 Å². The van der Waals surface area contributed by atoms with Crippen molar-refractivity contribution in [1.29, 1.82) is 0 Å². The molecular weight excluding hydrogens is 353 g/mol. The summed E-state index contributed by atoms with van der Waals surface area (Å²) >= 11 is 1.07. The van der Waals surface area contributed by atoms with Crippen LogP contribution in [0.3, 0.4) is 0 Å². The maximum Gasteiger partial charge on any atom is 0.264 e. The van der Waals surface area contributed by atoms with Gasteiger partial charge in [-0.15, -0.1) is 11.3 Å². The number of aromatic nitrogens is 1. The maximum absolute atomic E-state index is 13.7. The number of ether oxygens (including phenoxy) is 1. The predicted octanol–water partition coefficient (Wildman–Crippen LogP) is 4.24. The zero-order valence-electron chi connectivity index (χ0n) is 12.6. The van der Waals surface area contributed by atoms with E-state index in [0.29, 0.717) is 5.75 Å². The molecule has 1 aromatic heterocycles. The molecule has 8 heteroatoms. The Balaban J connectivity index is 1.62. The molecule has 2 aromatic carbocycles. The smallest absolute Gasteiger partial charge is 0.264 e. The van der Waals surface area contributed by atoms with Gasteiger partial charge in [-0.05, 0) is 42.5 Å². The molecule has 3 rings (SSSR count). The van der Waals surface area contributed by atoms with Crippen LogP contribution in [-0.4, -0.2) is 17.5 Å². The molecule has 0 spiro atoms. The van der Waals surface area contributed by atoms with E-state index in [1.54, 1.807) is 0 Å². The van der Waals surface area contributed by atoms with E-state index < -0.39 is 23.4 Å². The Bertz CT molecular complexity index is 897. The van der Waals surface area contributed by atoms with E-state index in [9.17, 15) is 18.0 Å². The Kier molecular flexibility index (Phi) is 4.99. The van der Waals surface area contributed by atoms with E-state index in [-0.39, 0.29) is 23.0 Å². The summed E-state index contributed by atoms with van der Waals surface area (Å²) in [7, 11) is 0. The molecule has 0 aliphatic rings. The highest BCUT2D eigenvalue weighted by molar-refractivity contribution is 7.14. The first-order valence-electron chi connectivity index (χ1n) is 7.10. The fourth-order valence-corrected chi connectivity index (χ4v) is 2.71. The summed E-state index contributed by atoms with van der Waals surface area (Å²) in [6.45, 7) is -0.297. The van der Waals surface area contributed by atoms with Gasteiger partial charge >= 0.3 is 0 Å². The molecule has 0 radical (unpaired) electrons. The van der Waals surface area contributed by atoms with Gasteiger partial charge in [0.25, 0.3) is 5.91 Å². The summed E-state index contributed by atoms with van der Waals surface area (Å²) in [5, 5.41) is 4.24. The molecule has 25 heavy (non-hydrogen) atoms. The maximum atomic E-state index is 13.7. The number of halogens is 3. The van der Waals surface area contributed by atoms with E-state index in [1.807, 2.05) is 0 Å². The van der Waals surface area contributed by atoms with Crippen molar-refractivity contribution in [3.8, 4) is 17.0 Å². The number of hydrogen-bond acceptors (Lipinski definition) is 4. The average Bonchev–Trinajstić information content (AvgIpc) is 3.05. The van der Waals surface area contributed by atoms with Gasteiger partial charge in [-0.3, -0.25) is 10.1 Å². The van der Waals surface area contributed by atoms with Crippen LogP contribution in [0.15, 0.2) is 47.8 Å². The van der Waals surface area contributed by atoms with Crippen LogP contribution < -0.4 is 10.1 Å². The normalized spacial score (nSPS) is 10.5. The third kappa shape index (κ3) is 4.36. The zero-order valence-corrected chi connectivity index (χ0v) is 13.4. The molecular formula is C17H11F3N2O2S. The van der Waals surface area contributed by atoms with Crippen molar-refractivity contribution in [1.82, 2.24) is 4.98 Å². The average molecular weight is 364 g/mol. The molecule has 0 bridgehead atoms. The number of anilines is 1. The molecule has 3 aromatic rings. The fraction of sp³-hybridized carbons (Fsp3) is 0.0588. The van der Waals surface area contributed by atoms with Gasteiger partial charge in [0, 0.05) is 10.9 Å². The van der Waals surface area contributed by atoms with E-state index >= 15 is 0 Å². The summed E-state index contributed by atoms with van der Waals surface area (Å²) in [5.74, 6) is -1.73. The zero-order chi connectivity index (χ0) is 17.8. The standard InChI is InChI=1S/C17H11F3N2O2S/c18-10-1-4-12(5-2-10)24-8-16(23)22-17-21-15(9-25-17)13-7-11(19)3-6-14(13)20/h1-7,9H,8H2,(H,21,22,23). The molecule has 0 atom stereocenters. The monoisotopic (exact) mass is 364 g/mol. The Hall–Kier alpha value is -2.87. The van der Waals surface area contributed by atoms with Crippen LogP contribution in [0.25, 0.3) is 11.3 Å². The van der Waals surface area contributed by atoms with Gasteiger partial charge < -0.3 is 4.74 Å². The molecule has 4 nitrogen and oxygen atoms in total. The van der Waals surface area contributed by atoms with Gasteiger partial charge in [0.15, 0.2) is 11.7 Å². The highest BCUT2D eigenvalue weighted by atomic mass is 32.1. The van der Waals surface area contributed by atoms with Crippen LogP contribution in [0.1, 0.15) is 0 Å². The molecule has 1 amide bonds. The third-order valence-electron chi connectivity index (χ3n) is 3.14. The Morgan fingerprint density at radius 1 is 1.08 bits per heavy atom. The van der Waals surface area contributed by atoms with Gasteiger partial charge in [0.2, 0.25) is 0 Å². The number of nitrogens with zero attached hydrogens (tertiary/aromatic N) is 1. The summed E-state index contributed by atoms with van der Waals surface area (Å²) in [6.07, 6.45) is 0. The number of carbonyl (C=O) groups excluding carboxylic acids is 1. The number of nitrogens with one attached hydrogen (secondary N) is 1. The van der Waals surface area contributed by atoms with Gasteiger partial charge in [0.05, 0.1) is 5.69 Å². The number of benzene rings is 2. The first-order valence-corrected chi connectivity index (χ1v) is 7.98. The van der Waals surface area contributed by atoms with Crippen LogP contribution >= 0.6 is 11.3 Å². The Labute approximate surface area is 144 Å². The first-order chi connectivity index (χ1) is 12.0. The van der Waals surface area contributed by atoms with Gasteiger partial charge in [0.1, 0.15) is 23.2 Å². The van der Waals surface area contributed by atoms with Crippen LogP contribution in [0.5, 0.6) is 5.75 Å². The van der Waals surface area contributed by atoms with Crippen molar-refractivity contribution < 1.29 is 22.7 Å². The molecule has 0 saturated carbocycles. The van der Waals surface area contributed by atoms with E-state index in [0.717, 1.165) is 29.5 Å². The quantitative estimate of drug-likeness (QED) is 0.737. The second kappa shape index (κ2) is 7.35. The number of amides is 1. The Morgan fingerprint density at radius 2 is 1.80 bits per heavy atom. The molecule has 0 fully saturated rings. The number of rotatable bonds is 5. The lowest BCUT2D eigenvalue weighted by atomic mass is 10.1. The van der Waals surface area contributed by atoms with Crippen molar-refractivity contribution >= 4 is 22.4 Å². The third-order valence-corrected chi connectivity index (χ3v) is 3.90. The van der Waals surface area contributed by atoms with Crippen LogP contribution in [0.2, 0.25) is 0 Å². The number of carbonyl (C=O) groups is 1. The lowest BCUT2D eigenvalue weighted by Crippen LogP contribution is -2.20. The van der Waals surface area contributed by atoms with E-state index in [2.05, 4.69) is 10.3 Å². The van der Waals surface area contributed by atoms with Crippen molar-refractivity contribution in [3.05, 3.63) is 65.3 Å². The number of hydrogen-bond donors (Lipinski definition) is 1. The van der Waals surface area contributed by atoms with E-state index in [4.69, 9.17) is 4.74 Å². The minimum absolute atomic E-state index is 0.0133. The lowest BCUT2D eigenvalue weighted by Gasteiger charge is -2.05. The fourth-order valence-electron chi connectivity index (χ4n) is 1.98. The molecule has 0 saturated heterocycles. The minimum atomic E-state index is -0.607. The summed E-state index contributed by atoms with van der Waals surface area (Å²) in [4.78, 5) is 15.9. The van der Waals surface area contributed by atoms with Crippen molar-refractivity contribution in [3.63, 3.8) is 0 Å². The minimum Gasteiger partial charge on any atom is -0.484 e. The van der Waals surface area contributed by atoms with Crippen molar-refractivity contribution in [2.75, 3.05) is 11.9 Å². The lowest BCUT2D eigenvalue weighted by molar-refractivity contribution is -0.118. The molecule has 0 aliphatic heterocycles. The first kappa shape index (κ1) is 17.0. The molecule has 1 N–H and O–H groups in total. The summed E-state index contributed by atoms with van der Waals surface area (Å²) in [5.41, 5.74) is 0.232. The molecule has 0 aliphatic carbocycles. The summed E-state index contributed by atoms with van der Waals surface area (Å²) in [6, 6.07) is 8.29. The van der Waals surface area contributed by atoms with E-state index in [1.165, 1.54) is 29.6 Å². The topological polar surface area (TPSA) is 51.2 Å². The molecule has 128 valence electrons. The highest BCUT2D eigenvalue weighted by Crippen LogP contribution is 2.27. The van der Waals surface area contributed by atoms with Crippen LogP contribution in [-0.2, 0) is 4.79 Å². The predicted molar refractivity (Wildman–Crippen MR) is 88.0 cm³/mol. The molecule has 1 heterocycles. The molecule has 0 unspecified atom stereocenters. The SMILES string of the molecule is O=C(COc1ccc(F)cc1)Nc1nc(-c2cc(F)ccc2F)cs1. The summed E-state index contributed by atoms with van der Waals surface area (Å²) < 4.78 is 44.9. The number of thiazole rings is 1. The van der Waals surface area contributed by atoms with Crippen LogP contribution in [0.4, 0.5) is 18.3 Å².